The summed E-state index contributed by atoms with van der Waals surface area (Å²) >= 11 is 1.47. The summed E-state index contributed by atoms with van der Waals surface area (Å²) in [5, 5.41) is 16.1. The van der Waals surface area contributed by atoms with E-state index in [4.69, 9.17) is 4.42 Å². The Bertz CT molecular complexity index is 956. The molecule has 0 radical (unpaired) electrons. The highest BCUT2D eigenvalue weighted by molar-refractivity contribution is 7.13. The van der Waals surface area contributed by atoms with Gasteiger partial charge in [0, 0.05) is 6.07 Å². The Hall–Kier alpha value is -3.04. The molecule has 3 N–H and O–H groups in total. The first-order valence-electron chi connectivity index (χ1n) is 7.80. The summed E-state index contributed by atoms with van der Waals surface area (Å²) in [6.45, 7) is -0.296. The molecule has 0 spiro atoms. The van der Waals surface area contributed by atoms with Gasteiger partial charge in [0.25, 0.3) is 0 Å². The van der Waals surface area contributed by atoms with Crippen LogP contribution in [0.4, 0.5) is 14.5 Å². The van der Waals surface area contributed by atoms with E-state index in [9.17, 15) is 23.5 Å². The van der Waals surface area contributed by atoms with Gasteiger partial charge in [0.2, 0.25) is 0 Å². The number of aliphatic hydroxyl groups is 1. The van der Waals surface area contributed by atoms with E-state index in [1.54, 1.807) is 12.1 Å². The number of thiophene rings is 1. The van der Waals surface area contributed by atoms with Crippen LogP contribution in [0.25, 0.3) is 10.6 Å². The van der Waals surface area contributed by atoms with Crippen molar-refractivity contribution in [3.05, 3.63) is 65.2 Å². The van der Waals surface area contributed by atoms with Crippen molar-refractivity contribution in [1.29, 1.82) is 0 Å². The molecule has 0 saturated heterocycles. The van der Waals surface area contributed by atoms with Crippen molar-refractivity contribution in [2.45, 2.75) is 6.10 Å². The van der Waals surface area contributed by atoms with Crippen LogP contribution in [0.15, 0.2) is 52.3 Å². The average molecular weight is 392 g/mol. The lowest BCUT2D eigenvalue weighted by molar-refractivity contribution is -0.136. The maximum absolute atomic E-state index is 13.5. The second-order valence-electron chi connectivity index (χ2n) is 5.48. The van der Waals surface area contributed by atoms with Crippen molar-refractivity contribution in [2.24, 2.45) is 0 Å². The second-order valence-corrected chi connectivity index (χ2v) is 6.43. The monoisotopic (exact) mass is 392 g/mol. The predicted octanol–water partition coefficient (Wildman–Crippen LogP) is 3.07. The number of hydrogen-bond acceptors (Lipinski definition) is 5. The van der Waals surface area contributed by atoms with Crippen molar-refractivity contribution in [3.63, 3.8) is 0 Å². The van der Waals surface area contributed by atoms with Crippen molar-refractivity contribution in [2.75, 3.05) is 11.9 Å². The summed E-state index contributed by atoms with van der Waals surface area (Å²) in [4.78, 5) is 24.4. The molecule has 1 atom stereocenters. The fourth-order valence-corrected chi connectivity index (χ4v) is 2.91. The van der Waals surface area contributed by atoms with Gasteiger partial charge in [-0.05, 0) is 35.7 Å². The highest BCUT2D eigenvalue weighted by Gasteiger charge is 2.19. The zero-order valence-corrected chi connectivity index (χ0v) is 14.6. The molecule has 9 heteroatoms. The first-order chi connectivity index (χ1) is 12.9. The number of benzene rings is 1. The van der Waals surface area contributed by atoms with Gasteiger partial charge in [-0.1, -0.05) is 6.07 Å². The van der Waals surface area contributed by atoms with E-state index in [2.05, 4.69) is 5.32 Å². The molecule has 1 aromatic carbocycles. The van der Waals surface area contributed by atoms with Crippen molar-refractivity contribution in [3.8, 4) is 10.6 Å². The molecule has 0 fully saturated rings. The van der Waals surface area contributed by atoms with Gasteiger partial charge in [-0.15, -0.1) is 11.3 Å². The molecule has 1 unspecified atom stereocenters. The summed E-state index contributed by atoms with van der Waals surface area (Å²) in [6.07, 6.45) is -1.18. The van der Waals surface area contributed by atoms with Crippen LogP contribution in [-0.4, -0.2) is 23.5 Å². The predicted molar refractivity (Wildman–Crippen MR) is 95.0 cm³/mol. The Labute approximate surface area is 156 Å². The minimum atomic E-state index is -1.19. The molecule has 0 aliphatic heterocycles. The number of carbonyl (C=O) groups excluding carboxylic acids is 2. The maximum atomic E-state index is 13.5. The van der Waals surface area contributed by atoms with Crippen LogP contribution in [0, 0.1) is 11.6 Å². The summed E-state index contributed by atoms with van der Waals surface area (Å²) < 4.78 is 32.1. The van der Waals surface area contributed by atoms with Crippen LogP contribution < -0.4 is 10.6 Å². The molecule has 2 amide bonds. The minimum Gasteiger partial charge on any atom is -0.457 e. The lowest BCUT2D eigenvalue weighted by atomic mass is 10.2. The van der Waals surface area contributed by atoms with E-state index in [-0.39, 0.29) is 12.3 Å². The third-order valence-electron chi connectivity index (χ3n) is 3.56. The summed E-state index contributed by atoms with van der Waals surface area (Å²) in [5.41, 5.74) is -0.456. The van der Waals surface area contributed by atoms with E-state index >= 15 is 0 Å². The number of carbonyl (C=O) groups is 2. The summed E-state index contributed by atoms with van der Waals surface area (Å²) in [6, 6.07) is 9.43. The third kappa shape index (κ3) is 4.57. The highest BCUT2D eigenvalue weighted by Crippen LogP contribution is 2.28. The standard InChI is InChI=1S/C18H14F2N2O4S/c19-10-3-4-11(20)12(8-10)22-18(25)17(24)21-9-13(23)14-5-6-15(26-14)16-2-1-7-27-16/h1-8,13,23H,9H2,(H,21,24)(H,22,25). The number of rotatable bonds is 5. The first-order valence-corrected chi connectivity index (χ1v) is 8.68. The number of furan rings is 1. The largest absolute Gasteiger partial charge is 0.457 e. The van der Waals surface area contributed by atoms with E-state index in [1.165, 1.54) is 11.3 Å². The molecular weight excluding hydrogens is 378 g/mol. The Morgan fingerprint density at radius 3 is 2.70 bits per heavy atom. The van der Waals surface area contributed by atoms with Crippen LogP contribution in [0.2, 0.25) is 0 Å². The van der Waals surface area contributed by atoms with E-state index in [0.717, 1.165) is 23.1 Å². The zero-order valence-electron chi connectivity index (χ0n) is 13.7. The molecule has 0 aliphatic carbocycles. The van der Waals surface area contributed by atoms with E-state index in [1.807, 2.05) is 22.8 Å². The van der Waals surface area contributed by atoms with Crippen LogP contribution >= 0.6 is 11.3 Å². The van der Waals surface area contributed by atoms with Crippen molar-refractivity contribution in [1.82, 2.24) is 5.32 Å². The van der Waals surface area contributed by atoms with E-state index in [0.29, 0.717) is 5.76 Å². The number of nitrogens with one attached hydrogen (secondary N) is 2. The quantitative estimate of drug-likeness (QED) is 0.582. The van der Waals surface area contributed by atoms with Crippen molar-refractivity contribution < 1.29 is 27.9 Å². The molecule has 3 rings (SSSR count). The fraction of sp³-hybridized carbons (Fsp3) is 0.111. The smallest absolute Gasteiger partial charge is 0.313 e. The maximum Gasteiger partial charge on any atom is 0.313 e. The Morgan fingerprint density at radius 2 is 1.96 bits per heavy atom. The Balaban J connectivity index is 1.55. The second kappa shape index (κ2) is 8.11. The van der Waals surface area contributed by atoms with Crippen LogP contribution in [0.1, 0.15) is 11.9 Å². The van der Waals surface area contributed by atoms with Gasteiger partial charge >= 0.3 is 11.8 Å². The molecule has 0 aliphatic rings. The number of anilines is 1. The van der Waals surface area contributed by atoms with Gasteiger partial charge in [0.15, 0.2) is 0 Å². The molecule has 2 heterocycles. The average Bonchev–Trinajstić information content (AvgIpc) is 3.33. The van der Waals surface area contributed by atoms with Gasteiger partial charge in [-0.2, -0.15) is 0 Å². The van der Waals surface area contributed by atoms with Gasteiger partial charge in [-0.3, -0.25) is 9.59 Å². The van der Waals surface area contributed by atoms with Crippen molar-refractivity contribution >= 4 is 28.8 Å². The zero-order chi connectivity index (χ0) is 19.4. The molecule has 0 saturated carbocycles. The van der Waals surface area contributed by atoms with Gasteiger partial charge in [0.1, 0.15) is 29.3 Å². The molecule has 3 aromatic rings. The van der Waals surface area contributed by atoms with Gasteiger partial charge < -0.3 is 20.2 Å². The Morgan fingerprint density at radius 1 is 1.15 bits per heavy atom. The fourth-order valence-electron chi connectivity index (χ4n) is 2.23. The summed E-state index contributed by atoms with van der Waals surface area (Å²) in [5.74, 6) is -3.15. The lowest BCUT2D eigenvalue weighted by Crippen LogP contribution is -2.37. The SMILES string of the molecule is O=C(NCC(O)c1ccc(-c2cccs2)o1)C(=O)Nc1cc(F)ccc1F. The molecule has 6 nitrogen and oxygen atoms in total. The number of aliphatic hydroxyl groups excluding tert-OH is 1. The number of amides is 2. The van der Waals surface area contributed by atoms with Gasteiger partial charge in [-0.25, -0.2) is 8.78 Å². The number of hydrogen-bond donors (Lipinski definition) is 3. The Kier molecular flexibility index (Phi) is 5.63. The minimum absolute atomic E-state index is 0.218. The van der Waals surface area contributed by atoms with Gasteiger partial charge in [0.05, 0.1) is 17.1 Å². The van der Waals surface area contributed by atoms with Crippen LogP contribution in [-0.2, 0) is 9.59 Å². The molecular formula is C18H14F2N2O4S. The van der Waals surface area contributed by atoms with Crippen LogP contribution in [0.5, 0.6) is 0 Å². The van der Waals surface area contributed by atoms with E-state index < -0.39 is 35.2 Å². The summed E-state index contributed by atoms with van der Waals surface area (Å²) in [7, 11) is 0. The normalized spacial score (nSPS) is 11.8. The number of halogens is 2. The lowest BCUT2D eigenvalue weighted by Gasteiger charge is -2.10. The first kappa shape index (κ1) is 18.7. The van der Waals surface area contributed by atoms with Crippen LogP contribution in [0.3, 0.4) is 0 Å². The molecule has 2 aromatic heterocycles. The third-order valence-corrected chi connectivity index (χ3v) is 4.44. The molecule has 27 heavy (non-hydrogen) atoms. The molecule has 0 bridgehead atoms. The topological polar surface area (TPSA) is 91.6 Å². The highest BCUT2D eigenvalue weighted by atomic mass is 32.1. The molecule has 140 valence electrons.